The van der Waals surface area contributed by atoms with Gasteiger partial charge in [0.05, 0.1) is 11.6 Å². The van der Waals surface area contributed by atoms with Crippen LogP contribution in [0.4, 0.5) is 0 Å². The van der Waals surface area contributed by atoms with E-state index in [1.54, 1.807) is 0 Å². The lowest BCUT2D eigenvalue weighted by Crippen LogP contribution is -2.38. The maximum Gasteiger partial charge on any atom is 0.224 e. The molecule has 1 amide bonds. The number of benzene rings is 1. The highest BCUT2D eigenvalue weighted by molar-refractivity contribution is 14.0. The maximum atomic E-state index is 12.1. The van der Waals surface area contributed by atoms with Gasteiger partial charge in [0.15, 0.2) is 17.5 Å². The molecule has 29 heavy (non-hydrogen) atoms. The zero-order valence-corrected chi connectivity index (χ0v) is 20.5. The molecule has 0 fully saturated rings. The van der Waals surface area contributed by atoms with Crippen molar-refractivity contribution in [3.8, 4) is 11.5 Å². The zero-order chi connectivity index (χ0) is 20.4. The lowest BCUT2D eigenvalue weighted by atomic mass is 10.1. The number of fused-ring (bicyclic) bond motifs is 1. The number of hydrogen-bond acceptors (Lipinski definition) is 4. The molecule has 1 aliphatic rings. The third kappa shape index (κ3) is 8.08. The summed E-state index contributed by atoms with van der Waals surface area (Å²) in [6.07, 6.45) is 1.18. The van der Waals surface area contributed by atoms with E-state index in [0.29, 0.717) is 55.2 Å². The van der Waals surface area contributed by atoms with Gasteiger partial charge in [-0.15, -0.1) is 24.0 Å². The van der Waals surface area contributed by atoms with Crippen LogP contribution in [0.5, 0.6) is 11.5 Å². The number of aliphatic imine (C=N–C) groups is 1. The van der Waals surface area contributed by atoms with Crippen molar-refractivity contribution >= 4 is 47.4 Å². The molecule has 0 aromatic heterocycles. The molecule has 164 valence electrons. The van der Waals surface area contributed by atoms with Crippen LogP contribution in [0.3, 0.4) is 0 Å². The minimum Gasteiger partial charge on any atom is -0.486 e. The van der Waals surface area contributed by atoms with Gasteiger partial charge in [-0.25, -0.2) is 0 Å². The number of halogens is 2. The van der Waals surface area contributed by atoms with Gasteiger partial charge in [-0.1, -0.05) is 11.6 Å². The van der Waals surface area contributed by atoms with Crippen molar-refractivity contribution in [3.63, 3.8) is 0 Å². The lowest BCUT2D eigenvalue weighted by molar-refractivity contribution is -0.130. The summed E-state index contributed by atoms with van der Waals surface area (Å²) in [5, 5.41) is 7.07. The van der Waals surface area contributed by atoms with E-state index in [1.165, 1.54) is 0 Å². The fourth-order valence-corrected chi connectivity index (χ4v) is 3.26. The second-order valence-corrected chi connectivity index (χ2v) is 6.76. The summed E-state index contributed by atoms with van der Waals surface area (Å²) >= 11 is 6.29. The standard InChI is InChI=1S/C20H31ClN4O3.HI/c1-4-22-20(24-10-8-18(26)25(5-2)6-3)23-9-7-15-13-16(21)19-17(14-15)27-11-12-28-19;/h13-14H,4-12H2,1-3H3,(H2,22,23,24);1H. The Kier molecular flexibility index (Phi) is 12.1. The van der Waals surface area contributed by atoms with Gasteiger partial charge in [0.25, 0.3) is 0 Å². The number of carbonyl (C=O) groups is 1. The molecule has 0 unspecified atom stereocenters. The first-order valence-electron chi connectivity index (χ1n) is 9.96. The average Bonchev–Trinajstić information content (AvgIpc) is 2.69. The van der Waals surface area contributed by atoms with Crippen molar-refractivity contribution in [2.75, 3.05) is 45.9 Å². The quantitative estimate of drug-likeness (QED) is 0.287. The fourth-order valence-electron chi connectivity index (χ4n) is 2.97. The molecule has 0 saturated heterocycles. The van der Waals surface area contributed by atoms with Crippen LogP contribution in [0.1, 0.15) is 32.8 Å². The van der Waals surface area contributed by atoms with Crippen molar-refractivity contribution in [2.45, 2.75) is 33.6 Å². The molecule has 0 aliphatic carbocycles. The summed E-state index contributed by atoms with van der Waals surface area (Å²) in [7, 11) is 0. The summed E-state index contributed by atoms with van der Waals surface area (Å²) in [6, 6.07) is 3.87. The number of nitrogens with one attached hydrogen (secondary N) is 2. The van der Waals surface area contributed by atoms with Crippen molar-refractivity contribution < 1.29 is 14.3 Å². The number of nitrogens with zero attached hydrogens (tertiary/aromatic N) is 2. The van der Waals surface area contributed by atoms with Crippen LogP contribution in [-0.2, 0) is 11.2 Å². The van der Waals surface area contributed by atoms with Gasteiger partial charge < -0.3 is 25.0 Å². The molecule has 1 aromatic rings. The van der Waals surface area contributed by atoms with Crippen molar-refractivity contribution in [3.05, 3.63) is 22.7 Å². The summed E-state index contributed by atoms with van der Waals surface area (Å²) in [4.78, 5) is 18.4. The first-order valence-corrected chi connectivity index (χ1v) is 10.3. The van der Waals surface area contributed by atoms with Gasteiger partial charge in [0, 0.05) is 32.6 Å². The van der Waals surface area contributed by atoms with Crippen LogP contribution in [0.15, 0.2) is 17.1 Å². The van der Waals surface area contributed by atoms with Gasteiger partial charge in [-0.05, 0) is 44.9 Å². The molecule has 2 rings (SSSR count). The van der Waals surface area contributed by atoms with E-state index in [9.17, 15) is 4.79 Å². The van der Waals surface area contributed by atoms with Crippen LogP contribution in [0, 0.1) is 0 Å². The predicted molar refractivity (Wildman–Crippen MR) is 128 cm³/mol. The summed E-state index contributed by atoms with van der Waals surface area (Å²) in [5.74, 6) is 2.16. The maximum absolute atomic E-state index is 12.1. The van der Waals surface area contributed by atoms with Crippen molar-refractivity contribution in [1.82, 2.24) is 15.5 Å². The molecule has 7 nitrogen and oxygen atoms in total. The lowest BCUT2D eigenvalue weighted by Gasteiger charge is -2.20. The molecule has 1 aliphatic heterocycles. The Labute approximate surface area is 195 Å². The first kappa shape index (κ1) is 25.6. The van der Waals surface area contributed by atoms with Crippen LogP contribution in [0.2, 0.25) is 5.02 Å². The SMILES string of the molecule is CCNC(=NCCC(=O)N(CC)CC)NCCc1cc(Cl)c2c(c1)OCCO2.I. The molecule has 2 N–H and O–H groups in total. The van der Waals surface area contributed by atoms with Crippen LogP contribution in [0.25, 0.3) is 0 Å². The number of hydrogen-bond donors (Lipinski definition) is 2. The highest BCUT2D eigenvalue weighted by Crippen LogP contribution is 2.38. The van der Waals surface area contributed by atoms with Gasteiger partial charge >= 0.3 is 0 Å². The highest BCUT2D eigenvalue weighted by atomic mass is 127. The number of amides is 1. The van der Waals surface area contributed by atoms with Crippen LogP contribution >= 0.6 is 35.6 Å². The Morgan fingerprint density at radius 3 is 2.59 bits per heavy atom. The summed E-state index contributed by atoms with van der Waals surface area (Å²) in [6.45, 7) is 10.4. The van der Waals surface area contributed by atoms with E-state index in [0.717, 1.165) is 31.6 Å². The minimum atomic E-state index is 0. The molecule has 0 radical (unpaired) electrons. The Balaban J connectivity index is 0.00000420. The molecular formula is C20H32ClIN4O3. The Morgan fingerprint density at radius 2 is 1.90 bits per heavy atom. The molecular weight excluding hydrogens is 507 g/mol. The third-order valence-corrected chi connectivity index (χ3v) is 4.70. The van der Waals surface area contributed by atoms with Gasteiger partial charge in [0.2, 0.25) is 5.91 Å². The van der Waals surface area contributed by atoms with Gasteiger partial charge in [0.1, 0.15) is 13.2 Å². The number of ether oxygens (including phenoxy) is 2. The van der Waals surface area contributed by atoms with E-state index in [-0.39, 0.29) is 29.9 Å². The molecule has 1 heterocycles. The largest absolute Gasteiger partial charge is 0.486 e. The summed E-state index contributed by atoms with van der Waals surface area (Å²) < 4.78 is 11.2. The highest BCUT2D eigenvalue weighted by Gasteiger charge is 2.16. The van der Waals surface area contributed by atoms with E-state index < -0.39 is 0 Å². The number of guanidine groups is 1. The van der Waals surface area contributed by atoms with Crippen LogP contribution in [-0.4, -0.2) is 62.7 Å². The van der Waals surface area contributed by atoms with E-state index in [2.05, 4.69) is 15.6 Å². The van der Waals surface area contributed by atoms with E-state index in [1.807, 2.05) is 37.8 Å². The second kappa shape index (κ2) is 13.7. The van der Waals surface area contributed by atoms with Gasteiger partial charge in [-0.3, -0.25) is 9.79 Å². The molecule has 0 atom stereocenters. The average molecular weight is 539 g/mol. The molecule has 1 aromatic carbocycles. The predicted octanol–water partition coefficient (Wildman–Crippen LogP) is 3.09. The smallest absolute Gasteiger partial charge is 0.224 e. The molecule has 0 saturated carbocycles. The van der Waals surface area contributed by atoms with Crippen molar-refractivity contribution in [2.24, 2.45) is 4.99 Å². The van der Waals surface area contributed by atoms with E-state index >= 15 is 0 Å². The first-order chi connectivity index (χ1) is 13.6. The minimum absolute atomic E-state index is 0. The van der Waals surface area contributed by atoms with Crippen LogP contribution < -0.4 is 20.1 Å². The Hall–Kier alpha value is -1.42. The Morgan fingerprint density at radius 1 is 1.17 bits per heavy atom. The monoisotopic (exact) mass is 538 g/mol. The topological polar surface area (TPSA) is 75.2 Å². The van der Waals surface area contributed by atoms with Crippen molar-refractivity contribution in [1.29, 1.82) is 0 Å². The number of rotatable bonds is 9. The second-order valence-electron chi connectivity index (χ2n) is 6.36. The molecule has 0 bridgehead atoms. The molecule has 9 heteroatoms. The third-order valence-electron chi connectivity index (χ3n) is 4.42. The normalized spacial score (nSPS) is 12.8. The zero-order valence-electron chi connectivity index (χ0n) is 17.4. The molecule has 0 spiro atoms. The summed E-state index contributed by atoms with van der Waals surface area (Å²) in [5.41, 5.74) is 1.06. The Bertz CT molecular complexity index is 684. The fraction of sp³-hybridized carbons (Fsp3) is 0.600. The number of carbonyl (C=O) groups excluding carboxylic acids is 1. The van der Waals surface area contributed by atoms with E-state index in [4.69, 9.17) is 21.1 Å². The van der Waals surface area contributed by atoms with Gasteiger partial charge in [-0.2, -0.15) is 0 Å².